The lowest BCUT2D eigenvalue weighted by molar-refractivity contribution is 0.864. The summed E-state index contributed by atoms with van der Waals surface area (Å²) in [6.07, 6.45) is 5.59. The number of H-pyrrole nitrogens is 1. The molecule has 1 aromatic heterocycles. The van der Waals surface area contributed by atoms with Crippen LogP contribution in [0.1, 0.15) is 19.4 Å². The number of aromatic amines is 1. The number of hydrogen-bond acceptors (Lipinski definition) is 4. The molecule has 0 bridgehead atoms. The van der Waals surface area contributed by atoms with Crippen molar-refractivity contribution in [2.75, 3.05) is 18.0 Å². The molecule has 0 aliphatic carbocycles. The third-order valence-electron chi connectivity index (χ3n) is 4.26. The van der Waals surface area contributed by atoms with Gasteiger partial charge in [0.25, 0.3) is 0 Å². The molecule has 138 valence electrons. The first-order chi connectivity index (χ1) is 13.2. The lowest BCUT2D eigenvalue weighted by Gasteiger charge is -2.20. The largest absolute Gasteiger partial charge is 0.372 e. The Labute approximate surface area is 164 Å². The van der Waals surface area contributed by atoms with E-state index < -0.39 is 0 Å². The maximum Gasteiger partial charge on any atom is 0.216 e. The van der Waals surface area contributed by atoms with Crippen molar-refractivity contribution in [3.63, 3.8) is 0 Å². The van der Waals surface area contributed by atoms with Gasteiger partial charge in [-0.25, -0.2) is 5.10 Å². The molecule has 3 rings (SSSR count). The Kier molecular flexibility index (Phi) is 6.33. The maximum atomic E-state index is 5.32. The molecule has 1 heterocycles. The van der Waals surface area contributed by atoms with Gasteiger partial charge < -0.3 is 4.90 Å². The highest BCUT2D eigenvalue weighted by Gasteiger charge is 2.09. The van der Waals surface area contributed by atoms with Crippen LogP contribution < -0.4 is 4.90 Å². The van der Waals surface area contributed by atoms with E-state index >= 15 is 0 Å². The number of rotatable bonds is 7. The number of anilines is 1. The first-order valence-corrected chi connectivity index (χ1v) is 9.42. The van der Waals surface area contributed by atoms with Crippen molar-refractivity contribution in [3.8, 4) is 11.4 Å². The van der Waals surface area contributed by atoms with Gasteiger partial charge in [-0.05, 0) is 62.0 Å². The number of nitrogens with one attached hydrogen (secondary N) is 1. The van der Waals surface area contributed by atoms with Gasteiger partial charge in [-0.1, -0.05) is 36.4 Å². The third-order valence-corrected chi connectivity index (χ3v) is 4.53. The number of allylic oxidation sites excluding steroid dienone is 1. The van der Waals surface area contributed by atoms with Crippen molar-refractivity contribution in [2.45, 2.75) is 13.8 Å². The van der Waals surface area contributed by atoms with Gasteiger partial charge in [-0.15, -0.1) is 0 Å². The standard InChI is InChI=1S/C21H23N5S/c1-3-25(4-2)19-14-12-18(13-15-19)20-23-24-21(27)26(20)22-16-8-11-17-9-6-5-7-10-17/h5-16H,3-4H2,1-2H3,(H,24,27). The SMILES string of the molecule is CCN(CC)c1ccc(-c2n[nH]c(=S)n2N=CC=Cc2ccccc2)cc1. The van der Waals surface area contributed by atoms with Gasteiger partial charge in [0.15, 0.2) is 5.82 Å². The molecular formula is C21H23N5S. The van der Waals surface area contributed by atoms with Crippen molar-refractivity contribution in [1.82, 2.24) is 14.9 Å². The predicted octanol–water partition coefficient (Wildman–Crippen LogP) is 5.00. The van der Waals surface area contributed by atoms with Crippen molar-refractivity contribution < 1.29 is 0 Å². The zero-order chi connectivity index (χ0) is 19.1. The quantitative estimate of drug-likeness (QED) is 0.465. The van der Waals surface area contributed by atoms with Gasteiger partial charge in [0.05, 0.1) is 0 Å². The average Bonchev–Trinajstić information content (AvgIpc) is 3.08. The van der Waals surface area contributed by atoms with Crippen LogP contribution in [0.25, 0.3) is 17.5 Å². The highest BCUT2D eigenvalue weighted by molar-refractivity contribution is 7.71. The first-order valence-electron chi connectivity index (χ1n) is 9.01. The van der Waals surface area contributed by atoms with Gasteiger partial charge in [0.1, 0.15) is 0 Å². The summed E-state index contributed by atoms with van der Waals surface area (Å²) in [7, 11) is 0. The van der Waals surface area contributed by atoms with E-state index in [0.717, 1.165) is 24.2 Å². The molecule has 0 spiro atoms. The highest BCUT2D eigenvalue weighted by atomic mass is 32.1. The van der Waals surface area contributed by atoms with Gasteiger partial charge in [-0.3, -0.25) is 0 Å². The summed E-state index contributed by atoms with van der Waals surface area (Å²) < 4.78 is 2.10. The number of aromatic nitrogens is 3. The Bertz CT molecular complexity index is 964. The zero-order valence-corrected chi connectivity index (χ0v) is 16.4. The molecule has 5 nitrogen and oxygen atoms in total. The van der Waals surface area contributed by atoms with Crippen molar-refractivity contribution >= 4 is 30.2 Å². The topological polar surface area (TPSA) is 49.2 Å². The summed E-state index contributed by atoms with van der Waals surface area (Å²) in [5.74, 6) is 0.690. The number of nitrogens with zero attached hydrogens (tertiary/aromatic N) is 4. The molecular weight excluding hydrogens is 354 g/mol. The molecule has 2 aromatic carbocycles. The Morgan fingerprint density at radius 3 is 2.44 bits per heavy atom. The smallest absolute Gasteiger partial charge is 0.216 e. The molecule has 0 radical (unpaired) electrons. The summed E-state index contributed by atoms with van der Waals surface area (Å²) in [5, 5.41) is 11.6. The van der Waals surface area contributed by atoms with E-state index in [9.17, 15) is 0 Å². The minimum absolute atomic E-state index is 0.460. The van der Waals surface area contributed by atoms with Crippen LogP contribution in [-0.4, -0.2) is 34.2 Å². The summed E-state index contributed by atoms with van der Waals surface area (Å²) in [6.45, 7) is 6.26. The summed E-state index contributed by atoms with van der Waals surface area (Å²) >= 11 is 5.32. The molecule has 0 unspecified atom stereocenters. The van der Waals surface area contributed by atoms with Crippen LogP contribution in [0.5, 0.6) is 0 Å². The van der Waals surface area contributed by atoms with Crippen LogP contribution in [0.15, 0.2) is 65.8 Å². The predicted molar refractivity (Wildman–Crippen MR) is 116 cm³/mol. The molecule has 3 aromatic rings. The summed E-state index contributed by atoms with van der Waals surface area (Å²) in [5.41, 5.74) is 3.27. The zero-order valence-electron chi connectivity index (χ0n) is 15.5. The van der Waals surface area contributed by atoms with E-state index in [-0.39, 0.29) is 0 Å². The Morgan fingerprint density at radius 2 is 1.78 bits per heavy atom. The van der Waals surface area contributed by atoms with E-state index in [2.05, 4.69) is 46.2 Å². The van der Waals surface area contributed by atoms with Crippen molar-refractivity contribution in [3.05, 3.63) is 71.0 Å². The molecule has 0 aliphatic heterocycles. The van der Waals surface area contributed by atoms with Crippen LogP contribution >= 0.6 is 12.2 Å². The number of benzene rings is 2. The van der Waals surface area contributed by atoms with Gasteiger partial charge in [0, 0.05) is 30.6 Å². The fourth-order valence-corrected chi connectivity index (χ4v) is 3.00. The van der Waals surface area contributed by atoms with Gasteiger partial charge >= 0.3 is 0 Å². The number of hydrogen-bond donors (Lipinski definition) is 1. The molecule has 6 heteroatoms. The van der Waals surface area contributed by atoms with E-state index in [1.54, 1.807) is 10.9 Å². The lowest BCUT2D eigenvalue weighted by atomic mass is 10.2. The normalized spacial score (nSPS) is 11.5. The first kappa shape index (κ1) is 18.8. The van der Waals surface area contributed by atoms with Crippen LogP contribution in [0.3, 0.4) is 0 Å². The van der Waals surface area contributed by atoms with Gasteiger partial charge in [0.2, 0.25) is 4.77 Å². The Hall–Kier alpha value is -2.99. The molecule has 0 saturated heterocycles. The second kappa shape index (κ2) is 9.09. The highest BCUT2D eigenvalue weighted by Crippen LogP contribution is 2.22. The third kappa shape index (κ3) is 4.60. The van der Waals surface area contributed by atoms with Crippen LogP contribution in [0.2, 0.25) is 0 Å². The monoisotopic (exact) mass is 377 g/mol. The van der Waals surface area contributed by atoms with Crippen molar-refractivity contribution in [2.24, 2.45) is 5.10 Å². The van der Waals surface area contributed by atoms with E-state index in [0.29, 0.717) is 10.6 Å². The van der Waals surface area contributed by atoms with Crippen LogP contribution in [-0.2, 0) is 0 Å². The minimum atomic E-state index is 0.460. The van der Waals surface area contributed by atoms with Crippen molar-refractivity contribution in [1.29, 1.82) is 0 Å². The Morgan fingerprint density at radius 1 is 1.07 bits per heavy atom. The molecule has 0 fully saturated rings. The summed E-state index contributed by atoms with van der Waals surface area (Å²) in [4.78, 5) is 2.30. The fraction of sp³-hybridized carbons (Fsp3) is 0.190. The molecule has 0 atom stereocenters. The van der Waals surface area contributed by atoms with Crippen LogP contribution in [0.4, 0.5) is 5.69 Å². The van der Waals surface area contributed by atoms with Crippen LogP contribution in [0, 0.1) is 4.77 Å². The molecule has 27 heavy (non-hydrogen) atoms. The second-order valence-electron chi connectivity index (χ2n) is 5.92. The molecule has 0 saturated carbocycles. The molecule has 0 amide bonds. The lowest BCUT2D eigenvalue weighted by Crippen LogP contribution is -2.21. The summed E-state index contributed by atoms with van der Waals surface area (Å²) in [6, 6.07) is 18.4. The van der Waals surface area contributed by atoms with E-state index in [1.165, 1.54) is 5.69 Å². The average molecular weight is 378 g/mol. The van der Waals surface area contributed by atoms with E-state index in [4.69, 9.17) is 12.2 Å². The van der Waals surface area contributed by atoms with Gasteiger partial charge in [-0.2, -0.15) is 14.9 Å². The molecule has 0 aliphatic rings. The van der Waals surface area contributed by atoms with E-state index in [1.807, 2.05) is 54.6 Å². The fourth-order valence-electron chi connectivity index (χ4n) is 2.82. The Balaban J connectivity index is 1.81. The maximum absolute atomic E-state index is 5.32. The minimum Gasteiger partial charge on any atom is -0.372 e. The second-order valence-corrected chi connectivity index (χ2v) is 6.30. The molecule has 1 N–H and O–H groups in total.